The van der Waals surface area contributed by atoms with E-state index in [0.29, 0.717) is 17.2 Å². The fourth-order valence-corrected chi connectivity index (χ4v) is 2.48. The van der Waals surface area contributed by atoms with Gasteiger partial charge in [-0.1, -0.05) is 0 Å². The minimum absolute atomic E-state index is 0.282. The van der Waals surface area contributed by atoms with Gasteiger partial charge in [0.05, 0.1) is 25.2 Å². The van der Waals surface area contributed by atoms with E-state index in [4.69, 9.17) is 4.74 Å². The molecule has 2 aromatic rings. The number of anilines is 2. The van der Waals surface area contributed by atoms with E-state index in [9.17, 15) is 4.79 Å². The first-order valence-corrected chi connectivity index (χ1v) is 7.73. The van der Waals surface area contributed by atoms with Gasteiger partial charge in [-0.05, 0) is 19.2 Å². The van der Waals surface area contributed by atoms with Gasteiger partial charge in [0.25, 0.3) is 5.91 Å². The summed E-state index contributed by atoms with van der Waals surface area (Å²) in [5, 5.41) is 2.76. The molecule has 0 atom stereocenters. The number of rotatable bonds is 4. The van der Waals surface area contributed by atoms with Gasteiger partial charge >= 0.3 is 0 Å². The summed E-state index contributed by atoms with van der Waals surface area (Å²) in [6, 6.07) is 3.34. The largest absolute Gasteiger partial charge is 0.480 e. The summed E-state index contributed by atoms with van der Waals surface area (Å²) < 4.78 is 5.10. The van der Waals surface area contributed by atoms with Crippen molar-refractivity contribution in [3.05, 3.63) is 36.3 Å². The van der Waals surface area contributed by atoms with Gasteiger partial charge in [0.15, 0.2) is 0 Å². The summed E-state index contributed by atoms with van der Waals surface area (Å²) in [6.07, 6.45) is 4.80. The number of amides is 1. The molecule has 0 unspecified atom stereocenters. The van der Waals surface area contributed by atoms with Gasteiger partial charge in [-0.15, -0.1) is 0 Å². The number of likely N-dealkylation sites (N-methyl/N-ethyl adjacent to an activating group) is 1. The number of carbonyl (C=O) groups excluding carboxylic acids is 1. The standard InChI is InChI=1S/C16H20N6O2/c1-21-6-8-22(9-7-21)16-18-10-12(11-19-16)20-14(23)13-4-3-5-17-15(13)24-2/h3-5,10-11H,6-9H2,1-2H3,(H,20,23). The number of ether oxygens (including phenoxy) is 1. The van der Waals surface area contributed by atoms with Crippen molar-refractivity contribution in [1.82, 2.24) is 19.9 Å². The fraction of sp³-hybridized carbons (Fsp3) is 0.375. The molecular weight excluding hydrogens is 308 g/mol. The van der Waals surface area contributed by atoms with E-state index in [1.807, 2.05) is 0 Å². The van der Waals surface area contributed by atoms with Crippen LogP contribution in [0, 0.1) is 0 Å². The van der Waals surface area contributed by atoms with Crippen molar-refractivity contribution in [2.45, 2.75) is 0 Å². The molecule has 24 heavy (non-hydrogen) atoms. The third-order valence-electron chi connectivity index (χ3n) is 3.89. The lowest BCUT2D eigenvalue weighted by molar-refractivity contribution is 0.102. The lowest BCUT2D eigenvalue weighted by Gasteiger charge is -2.32. The average Bonchev–Trinajstić information content (AvgIpc) is 2.63. The predicted molar refractivity (Wildman–Crippen MR) is 90.5 cm³/mol. The predicted octanol–water partition coefficient (Wildman–Crippen LogP) is 0.884. The minimum atomic E-state index is -0.309. The molecule has 0 saturated carbocycles. The van der Waals surface area contributed by atoms with Gasteiger partial charge in [0.2, 0.25) is 11.8 Å². The number of pyridine rings is 1. The van der Waals surface area contributed by atoms with E-state index >= 15 is 0 Å². The van der Waals surface area contributed by atoms with Crippen molar-refractivity contribution in [3.63, 3.8) is 0 Å². The van der Waals surface area contributed by atoms with Gasteiger partial charge < -0.3 is 19.9 Å². The van der Waals surface area contributed by atoms with E-state index in [0.717, 1.165) is 26.2 Å². The molecule has 0 bridgehead atoms. The second-order valence-corrected chi connectivity index (χ2v) is 5.58. The Hall–Kier alpha value is -2.74. The van der Waals surface area contributed by atoms with Gasteiger partial charge in [0, 0.05) is 32.4 Å². The summed E-state index contributed by atoms with van der Waals surface area (Å²) in [5.41, 5.74) is 0.895. The van der Waals surface area contributed by atoms with Gasteiger partial charge in [-0.3, -0.25) is 4.79 Å². The van der Waals surface area contributed by atoms with Crippen LogP contribution in [0.25, 0.3) is 0 Å². The molecule has 0 aromatic carbocycles. The van der Waals surface area contributed by atoms with Crippen molar-refractivity contribution in [1.29, 1.82) is 0 Å². The van der Waals surface area contributed by atoms with Crippen LogP contribution in [0.1, 0.15) is 10.4 Å². The quantitative estimate of drug-likeness (QED) is 0.892. The Morgan fingerprint density at radius 2 is 1.88 bits per heavy atom. The molecule has 126 valence electrons. The molecule has 2 aromatic heterocycles. The fourth-order valence-electron chi connectivity index (χ4n) is 2.48. The molecule has 0 spiro atoms. The average molecular weight is 328 g/mol. The van der Waals surface area contributed by atoms with E-state index in [-0.39, 0.29) is 11.8 Å². The molecule has 1 fully saturated rings. The van der Waals surface area contributed by atoms with Crippen LogP contribution in [0.15, 0.2) is 30.7 Å². The van der Waals surface area contributed by atoms with Gasteiger partial charge in [-0.25, -0.2) is 15.0 Å². The molecule has 3 heterocycles. The zero-order valence-electron chi connectivity index (χ0n) is 13.8. The van der Waals surface area contributed by atoms with E-state index in [1.54, 1.807) is 30.7 Å². The number of hydrogen-bond donors (Lipinski definition) is 1. The Labute approximate surface area is 140 Å². The van der Waals surface area contributed by atoms with Crippen LogP contribution < -0.4 is 15.0 Å². The molecular formula is C16H20N6O2. The minimum Gasteiger partial charge on any atom is -0.480 e. The second kappa shape index (κ2) is 7.22. The maximum atomic E-state index is 12.3. The normalized spacial score (nSPS) is 15.2. The van der Waals surface area contributed by atoms with Crippen LogP contribution in [0.5, 0.6) is 5.88 Å². The SMILES string of the molecule is COc1ncccc1C(=O)Nc1cnc(N2CCN(C)CC2)nc1. The number of carbonyl (C=O) groups is 1. The number of hydrogen-bond acceptors (Lipinski definition) is 7. The van der Waals surface area contributed by atoms with Crippen molar-refractivity contribution in [3.8, 4) is 5.88 Å². The maximum absolute atomic E-state index is 12.3. The molecule has 1 aliphatic heterocycles. The molecule has 0 radical (unpaired) electrons. The second-order valence-electron chi connectivity index (χ2n) is 5.58. The topological polar surface area (TPSA) is 83.5 Å². The molecule has 1 aliphatic rings. The highest BCUT2D eigenvalue weighted by molar-refractivity contribution is 6.05. The number of piperazine rings is 1. The molecule has 1 amide bonds. The Kier molecular flexibility index (Phi) is 4.85. The van der Waals surface area contributed by atoms with Crippen molar-refractivity contribution in [2.24, 2.45) is 0 Å². The first-order valence-electron chi connectivity index (χ1n) is 7.73. The third-order valence-corrected chi connectivity index (χ3v) is 3.89. The maximum Gasteiger partial charge on any atom is 0.261 e. The highest BCUT2D eigenvalue weighted by Crippen LogP contribution is 2.17. The van der Waals surface area contributed by atoms with E-state index < -0.39 is 0 Å². The molecule has 0 aliphatic carbocycles. The first-order chi connectivity index (χ1) is 11.7. The molecule has 1 saturated heterocycles. The van der Waals surface area contributed by atoms with Crippen molar-refractivity contribution < 1.29 is 9.53 Å². The lowest BCUT2D eigenvalue weighted by Crippen LogP contribution is -2.45. The van der Waals surface area contributed by atoms with E-state index in [2.05, 4.69) is 37.1 Å². The number of nitrogens with one attached hydrogen (secondary N) is 1. The first kappa shape index (κ1) is 16.1. The summed E-state index contributed by atoms with van der Waals surface area (Å²) in [4.78, 5) is 29.4. The Balaban J connectivity index is 1.67. The van der Waals surface area contributed by atoms with Crippen molar-refractivity contribution in [2.75, 3.05) is 50.6 Å². The van der Waals surface area contributed by atoms with Crippen LogP contribution in [0.4, 0.5) is 11.6 Å². The van der Waals surface area contributed by atoms with Gasteiger partial charge in [0.1, 0.15) is 5.56 Å². The van der Waals surface area contributed by atoms with Crippen LogP contribution in [-0.4, -0.2) is 66.1 Å². The number of aromatic nitrogens is 3. The van der Waals surface area contributed by atoms with Crippen LogP contribution >= 0.6 is 0 Å². The monoisotopic (exact) mass is 328 g/mol. The Morgan fingerprint density at radius 3 is 2.54 bits per heavy atom. The summed E-state index contributed by atoms with van der Waals surface area (Å²) >= 11 is 0. The molecule has 8 heteroatoms. The highest BCUT2D eigenvalue weighted by Gasteiger charge is 2.17. The Morgan fingerprint density at radius 1 is 1.17 bits per heavy atom. The van der Waals surface area contributed by atoms with Crippen LogP contribution in [0.2, 0.25) is 0 Å². The summed E-state index contributed by atoms with van der Waals surface area (Å²) in [5.74, 6) is 0.654. The smallest absolute Gasteiger partial charge is 0.261 e. The summed E-state index contributed by atoms with van der Waals surface area (Å²) in [7, 11) is 3.58. The molecule has 8 nitrogen and oxygen atoms in total. The molecule has 3 rings (SSSR count). The zero-order valence-corrected chi connectivity index (χ0v) is 13.8. The van der Waals surface area contributed by atoms with E-state index in [1.165, 1.54) is 7.11 Å². The van der Waals surface area contributed by atoms with Crippen molar-refractivity contribution >= 4 is 17.5 Å². The zero-order chi connectivity index (χ0) is 16.9. The number of nitrogens with zero attached hydrogens (tertiary/aromatic N) is 5. The molecule has 1 N–H and O–H groups in total. The van der Waals surface area contributed by atoms with Crippen LogP contribution in [-0.2, 0) is 0 Å². The van der Waals surface area contributed by atoms with Crippen LogP contribution in [0.3, 0.4) is 0 Å². The number of methoxy groups -OCH3 is 1. The lowest BCUT2D eigenvalue weighted by atomic mass is 10.2. The summed E-state index contributed by atoms with van der Waals surface area (Å²) in [6.45, 7) is 3.77. The third kappa shape index (κ3) is 3.60. The highest BCUT2D eigenvalue weighted by atomic mass is 16.5. The Bertz CT molecular complexity index is 698. The van der Waals surface area contributed by atoms with Gasteiger partial charge in [-0.2, -0.15) is 0 Å².